The standard InChI is InChI=1S/C29H33FN6O2/c1-4-8-20(2)27-31-28(26-21(3)33-36(29(26)32-27)23-13-11-22(30)12-14-23)35-17-15-34(16-18-35)25(37)19-38-24-9-6-5-7-10-24/h5-7,9-14,20H,4,8,15-19H2,1-3H3. The Morgan fingerprint density at radius 1 is 1.03 bits per heavy atom. The first-order valence-corrected chi connectivity index (χ1v) is 13.2. The molecule has 1 atom stereocenters. The van der Waals surface area contributed by atoms with Crippen molar-refractivity contribution in [2.75, 3.05) is 37.7 Å². The Morgan fingerprint density at radius 2 is 1.74 bits per heavy atom. The van der Waals surface area contributed by atoms with Crippen molar-refractivity contribution in [3.63, 3.8) is 0 Å². The smallest absolute Gasteiger partial charge is 0.260 e. The molecule has 9 heteroatoms. The normalized spacial score (nSPS) is 14.6. The van der Waals surface area contributed by atoms with Gasteiger partial charge in [-0.1, -0.05) is 38.5 Å². The van der Waals surface area contributed by atoms with Crippen LogP contribution in [0.5, 0.6) is 5.75 Å². The number of ether oxygens (including phenoxy) is 1. The molecule has 0 radical (unpaired) electrons. The van der Waals surface area contributed by atoms with E-state index < -0.39 is 0 Å². The summed E-state index contributed by atoms with van der Waals surface area (Å²) in [4.78, 5) is 26.9. The zero-order chi connectivity index (χ0) is 26.6. The largest absolute Gasteiger partial charge is 0.484 e. The predicted molar refractivity (Wildman–Crippen MR) is 145 cm³/mol. The maximum Gasteiger partial charge on any atom is 0.260 e. The van der Waals surface area contributed by atoms with Crippen molar-refractivity contribution >= 4 is 22.8 Å². The number of fused-ring (bicyclic) bond motifs is 1. The summed E-state index contributed by atoms with van der Waals surface area (Å²) in [6.45, 7) is 8.71. The molecule has 1 unspecified atom stereocenters. The van der Waals surface area contributed by atoms with E-state index >= 15 is 0 Å². The second-order valence-corrected chi connectivity index (χ2v) is 9.74. The van der Waals surface area contributed by atoms with Gasteiger partial charge in [0, 0.05) is 32.1 Å². The highest BCUT2D eigenvalue weighted by Crippen LogP contribution is 2.32. The summed E-state index contributed by atoms with van der Waals surface area (Å²) in [6, 6.07) is 15.6. The molecule has 0 aliphatic carbocycles. The fourth-order valence-corrected chi connectivity index (χ4v) is 4.87. The van der Waals surface area contributed by atoms with Crippen LogP contribution in [0.4, 0.5) is 10.2 Å². The van der Waals surface area contributed by atoms with Gasteiger partial charge in [-0.2, -0.15) is 5.10 Å². The van der Waals surface area contributed by atoms with E-state index in [1.165, 1.54) is 12.1 Å². The molecule has 38 heavy (non-hydrogen) atoms. The van der Waals surface area contributed by atoms with Crippen molar-refractivity contribution < 1.29 is 13.9 Å². The van der Waals surface area contributed by atoms with E-state index in [2.05, 4.69) is 18.7 Å². The van der Waals surface area contributed by atoms with E-state index in [9.17, 15) is 9.18 Å². The number of anilines is 1. The number of carbonyl (C=O) groups is 1. The number of amides is 1. The molecule has 1 aliphatic heterocycles. The molecule has 1 fully saturated rings. The number of halogens is 1. The van der Waals surface area contributed by atoms with Crippen LogP contribution in [0.15, 0.2) is 54.6 Å². The van der Waals surface area contributed by atoms with Gasteiger partial charge in [-0.15, -0.1) is 0 Å². The Kier molecular flexibility index (Phi) is 7.53. The lowest BCUT2D eigenvalue weighted by atomic mass is 10.1. The van der Waals surface area contributed by atoms with Crippen molar-refractivity contribution in [2.45, 2.75) is 39.5 Å². The van der Waals surface area contributed by atoms with Gasteiger partial charge in [0.05, 0.1) is 16.8 Å². The zero-order valence-corrected chi connectivity index (χ0v) is 22.1. The van der Waals surface area contributed by atoms with Crippen molar-refractivity contribution in [2.24, 2.45) is 0 Å². The highest BCUT2D eigenvalue weighted by molar-refractivity contribution is 5.91. The molecule has 0 spiro atoms. The summed E-state index contributed by atoms with van der Waals surface area (Å²) in [7, 11) is 0. The maximum absolute atomic E-state index is 13.6. The number of aryl methyl sites for hydroxylation is 1. The molecule has 1 aliphatic rings. The quantitative estimate of drug-likeness (QED) is 0.332. The van der Waals surface area contributed by atoms with Crippen LogP contribution >= 0.6 is 0 Å². The van der Waals surface area contributed by atoms with Gasteiger partial charge in [0.25, 0.3) is 5.91 Å². The highest BCUT2D eigenvalue weighted by Gasteiger charge is 2.27. The van der Waals surface area contributed by atoms with Crippen LogP contribution in [0, 0.1) is 12.7 Å². The second kappa shape index (κ2) is 11.2. The summed E-state index contributed by atoms with van der Waals surface area (Å²) in [6.07, 6.45) is 2.00. The third-order valence-corrected chi connectivity index (χ3v) is 6.97. The summed E-state index contributed by atoms with van der Waals surface area (Å²) in [5.41, 5.74) is 2.27. The van der Waals surface area contributed by atoms with Gasteiger partial charge in [0.2, 0.25) is 0 Å². The van der Waals surface area contributed by atoms with E-state index in [4.69, 9.17) is 19.8 Å². The van der Waals surface area contributed by atoms with Gasteiger partial charge in [0.15, 0.2) is 12.3 Å². The Bertz CT molecular complexity index is 1400. The lowest BCUT2D eigenvalue weighted by Gasteiger charge is -2.35. The van der Waals surface area contributed by atoms with Crippen molar-refractivity contribution in [3.05, 3.63) is 71.9 Å². The minimum atomic E-state index is -0.295. The van der Waals surface area contributed by atoms with Gasteiger partial charge >= 0.3 is 0 Å². The fraction of sp³-hybridized carbons (Fsp3) is 0.379. The van der Waals surface area contributed by atoms with Crippen LogP contribution in [-0.4, -0.2) is 63.3 Å². The van der Waals surface area contributed by atoms with E-state index in [1.54, 1.807) is 16.8 Å². The van der Waals surface area contributed by atoms with Crippen LogP contribution in [0.25, 0.3) is 16.7 Å². The molecule has 0 bridgehead atoms. The number of hydrogen-bond acceptors (Lipinski definition) is 6. The molecule has 2 aromatic carbocycles. The summed E-state index contributed by atoms with van der Waals surface area (Å²) < 4.78 is 21.0. The van der Waals surface area contributed by atoms with Crippen molar-refractivity contribution in [1.82, 2.24) is 24.6 Å². The molecule has 3 heterocycles. The first-order valence-electron chi connectivity index (χ1n) is 13.2. The van der Waals surface area contributed by atoms with Gasteiger partial charge in [0.1, 0.15) is 23.2 Å². The topological polar surface area (TPSA) is 76.4 Å². The van der Waals surface area contributed by atoms with Crippen LogP contribution in [-0.2, 0) is 4.79 Å². The number of nitrogens with zero attached hydrogens (tertiary/aromatic N) is 6. The number of para-hydroxylation sites is 1. The molecule has 198 valence electrons. The van der Waals surface area contributed by atoms with Crippen LogP contribution < -0.4 is 9.64 Å². The van der Waals surface area contributed by atoms with Crippen molar-refractivity contribution in [3.8, 4) is 11.4 Å². The van der Waals surface area contributed by atoms with E-state index in [-0.39, 0.29) is 24.2 Å². The molecule has 8 nitrogen and oxygen atoms in total. The molecule has 0 saturated carbocycles. The second-order valence-electron chi connectivity index (χ2n) is 9.74. The lowest BCUT2D eigenvalue weighted by molar-refractivity contribution is -0.133. The Hall–Kier alpha value is -4.01. The minimum absolute atomic E-state index is 0.0179. The van der Waals surface area contributed by atoms with E-state index in [1.807, 2.05) is 42.2 Å². The monoisotopic (exact) mass is 516 g/mol. The van der Waals surface area contributed by atoms with Crippen molar-refractivity contribution in [1.29, 1.82) is 0 Å². The molecule has 1 saturated heterocycles. The van der Waals surface area contributed by atoms with Crippen LogP contribution in [0.3, 0.4) is 0 Å². The average molecular weight is 517 g/mol. The molecular formula is C29H33FN6O2. The summed E-state index contributed by atoms with van der Waals surface area (Å²) >= 11 is 0. The highest BCUT2D eigenvalue weighted by atomic mass is 19.1. The molecule has 2 aromatic heterocycles. The first kappa shape index (κ1) is 25.6. The predicted octanol–water partition coefficient (Wildman–Crippen LogP) is 4.89. The number of aromatic nitrogens is 4. The molecule has 4 aromatic rings. The van der Waals surface area contributed by atoms with E-state index in [0.717, 1.165) is 41.3 Å². The minimum Gasteiger partial charge on any atom is -0.484 e. The van der Waals surface area contributed by atoms with Gasteiger partial charge < -0.3 is 14.5 Å². The van der Waals surface area contributed by atoms with E-state index in [0.29, 0.717) is 37.6 Å². The van der Waals surface area contributed by atoms with Crippen LogP contribution in [0.2, 0.25) is 0 Å². The molecule has 5 rings (SSSR count). The number of benzene rings is 2. The summed E-state index contributed by atoms with van der Waals surface area (Å²) in [5, 5.41) is 5.66. The SMILES string of the molecule is CCCC(C)c1nc(N2CCN(C(=O)COc3ccccc3)CC2)c2c(C)nn(-c3ccc(F)cc3)c2n1. The van der Waals surface area contributed by atoms with Crippen LogP contribution in [0.1, 0.15) is 44.1 Å². The Labute approximate surface area is 222 Å². The Balaban J connectivity index is 1.41. The third-order valence-electron chi connectivity index (χ3n) is 6.97. The first-order chi connectivity index (χ1) is 18.4. The maximum atomic E-state index is 13.6. The average Bonchev–Trinajstić information content (AvgIpc) is 3.28. The number of rotatable bonds is 8. The lowest BCUT2D eigenvalue weighted by Crippen LogP contribution is -2.50. The number of hydrogen-bond donors (Lipinski definition) is 0. The molecule has 1 amide bonds. The van der Waals surface area contributed by atoms with Gasteiger partial charge in [-0.25, -0.2) is 19.0 Å². The molecule has 0 N–H and O–H groups in total. The number of piperazine rings is 1. The fourth-order valence-electron chi connectivity index (χ4n) is 4.87. The Morgan fingerprint density at radius 3 is 2.42 bits per heavy atom. The summed E-state index contributed by atoms with van der Waals surface area (Å²) in [5.74, 6) is 2.15. The third kappa shape index (κ3) is 5.32. The molecular weight excluding hydrogens is 483 g/mol. The van der Waals surface area contributed by atoms with Gasteiger partial charge in [-0.05, 0) is 49.7 Å². The van der Waals surface area contributed by atoms with Gasteiger partial charge in [-0.3, -0.25) is 4.79 Å². The number of carbonyl (C=O) groups excluding carboxylic acids is 1. The zero-order valence-electron chi connectivity index (χ0n) is 22.1.